The van der Waals surface area contributed by atoms with Crippen molar-refractivity contribution in [1.82, 2.24) is 0 Å². The van der Waals surface area contributed by atoms with Crippen LogP contribution in [0.5, 0.6) is 11.5 Å². The van der Waals surface area contributed by atoms with Crippen molar-refractivity contribution in [2.75, 3.05) is 0 Å². The maximum absolute atomic E-state index is 10.4. The molecule has 0 fully saturated rings. The predicted octanol–water partition coefficient (Wildman–Crippen LogP) is 7.07. The largest absolute Gasteiger partial charge is 0.508 e. The molecule has 0 spiro atoms. The Hall–Kier alpha value is -2.26. The Labute approximate surface area is 183 Å². The third-order valence-corrected chi connectivity index (χ3v) is 5.17. The van der Waals surface area contributed by atoms with E-state index in [-0.39, 0.29) is 11.5 Å². The van der Waals surface area contributed by atoms with Crippen molar-refractivity contribution in [1.29, 1.82) is 0 Å². The summed E-state index contributed by atoms with van der Waals surface area (Å²) < 4.78 is 0. The Balaban J connectivity index is 2.51. The van der Waals surface area contributed by atoms with Gasteiger partial charge in [0, 0.05) is 5.56 Å². The Morgan fingerprint density at radius 1 is 0.867 bits per heavy atom. The number of phenols is 2. The van der Waals surface area contributed by atoms with Crippen molar-refractivity contribution in [3.05, 3.63) is 69.9 Å². The van der Waals surface area contributed by atoms with E-state index in [1.54, 1.807) is 19.1 Å². The zero-order chi connectivity index (χ0) is 22.7. The van der Waals surface area contributed by atoms with Crippen LogP contribution in [0.3, 0.4) is 0 Å². The van der Waals surface area contributed by atoms with Crippen LogP contribution in [-0.4, -0.2) is 21.4 Å². The molecule has 0 bridgehead atoms. The molecule has 30 heavy (non-hydrogen) atoms. The maximum atomic E-state index is 10.4. The summed E-state index contributed by atoms with van der Waals surface area (Å²) in [6, 6.07) is 3.13. The molecule has 0 aliphatic carbocycles. The minimum absolute atomic E-state index is 0.158. The summed E-state index contributed by atoms with van der Waals surface area (Å²) in [6.45, 7) is 12.3. The van der Waals surface area contributed by atoms with Gasteiger partial charge in [-0.15, -0.1) is 0 Å². The van der Waals surface area contributed by atoms with Gasteiger partial charge in [-0.1, -0.05) is 46.6 Å². The van der Waals surface area contributed by atoms with Crippen LogP contribution in [0.25, 0.3) is 0 Å². The van der Waals surface area contributed by atoms with E-state index >= 15 is 0 Å². The van der Waals surface area contributed by atoms with Crippen LogP contribution >= 0.6 is 0 Å². The molecule has 1 aromatic rings. The number of rotatable bonds is 11. The average Bonchev–Trinajstić information content (AvgIpc) is 2.62. The van der Waals surface area contributed by atoms with Crippen LogP contribution in [0, 0.1) is 6.92 Å². The van der Waals surface area contributed by atoms with Gasteiger partial charge in [0.05, 0.1) is 6.10 Å². The molecule has 0 aliphatic rings. The van der Waals surface area contributed by atoms with E-state index in [0.717, 1.165) is 31.3 Å². The van der Waals surface area contributed by atoms with Crippen molar-refractivity contribution in [2.24, 2.45) is 0 Å². The maximum Gasteiger partial charge on any atom is 0.122 e. The molecular formula is C27H40O3. The van der Waals surface area contributed by atoms with Crippen LogP contribution in [0.4, 0.5) is 0 Å². The SMILES string of the molecule is CC(C)=CCCC(C)=CCCC(C)=C[C@H](O)CC(C)=CCc1cc(O)cc(C)c1O. The number of aliphatic hydroxyl groups excluding tert-OH is 1. The van der Waals surface area contributed by atoms with Gasteiger partial charge in [-0.3, -0.25) is 0 Å². The zero-order valence-corrected chi connectivity index (χ0v) is 19.6. The number of hydrogen-bond donors (Lipinski definition) is 3. The normalized spacial score (nSPS) is 14.0. The topological polar surface area (TPSA) is 60.7 Å². The average molecular weight is 413 g/mol. The highest BCUT2D eigenvalue weighted by molar-refractivity contribution is 5.46. The quantitative estimate of drug-likeness (QED) is 0.269. The van der Waals surface area contributed by atoms with Gasteiger partial charge < -0.3 is 15.3 Å². The van der Waals surface area contributed by atoms with Crippen molar-refractivity contribution in [2.45, 2.75) is 86.2 Å². The van der Waals surface area contributed by atoms with Gasteiger partial charge in [-0.2, -0.15) is 0 Å². The first-order valence-corrected chi connectivity index (χ1v) is 10.9. The van der Waals surface area contributed by atoms with Crippen molar-refractivity contribution < 1.29 is 15.3 Å². The van der Waals surface area contributed by atoms with Crippen molar-refractivity contribution in [3.8, 4) is 11.5 Å². The number of phenolic OH excluding ortho intramolecular Hbond substituents is 2. The first kappa shape index (κ1) is 25.8. The molecule has 1 aromatic carbocycles. The molecule has 0 radical (unpaired) electrons. The Bertz CT molecular complexity index is 806. The summed E-state index contributed by atoms with van der Waals surface area (Å²) in [6.07, 6.45) is 13.3. The molecular weight excluding hydrogens is 372 g/mol. The number of aliphatic hydroxyl groups is 1. The van der Waals surface area contributed by atoms with Gasteiger partial charge in [-0.25, -0.2) is 0 Å². The molecule has 3 N–H and O–H groups in total. The van der Waals surface area contributed by atoms with Crippen LogP contribution < -0.4 is 0 Å². The van der Waals surface area contributed by atoms with Crippen LogP contribution in [0.1, 0.15) is 77.8 Å². The number of aromatic hydroxyl groups is 2. The van der Waals surface area contributed by atoms with Crippen molar-refractivity contribution in [3.63, 3.8) is 0 Å². The summed E-state index contributed by atoms with van der Waals surface area (Å²) in [7, 11) is 0. The molecule has 3 nitrogen and oxygen atoms in total. The lowest BCUT2D eigenvalue weighted by molar-refractivity contribution is 0.222. The predicted molar refractivity (Wildman–Crippen MR) is 128 cm³/mol. The molecule has 3 heteroatoms. The molecule has 0 saturated heterocycles. The standard InChI is InChI=1S/C27H40O3/c1-19(2)9-7-10-20(3)11-8-12-21(4)15-25(28)16-22(5)13-14-24-18-26(29)17-23(6)27(24)30/h9,11,13,15,17-18,25,28-30H,7-8,10,12,14,16H2,1-6H3/t25-/m0/s1. The van der Waals surface area contributed by atoms with Crippen LogP contribution in [0.2, 0.25) is 0 Å². The Morgan fingerprint density at radius 2 is 1.50 bits per heavy atom. The molecule has 1 rings (SSSR count). The Morgan fingerprint density at radius 3 is 2.17 bits per heavy atom. The van der Waals surface area contributed by atoms with E-state index in [0.29, 0.717) is 24.0 Å². The van der Waals surface area contributed by atoms with E-state index in [1.165, 1.54) is 16.7 Å². The van der Waals surface area contributed by atoms with E-state index in [9.17, 15) is 15.3 Å². The van der Waals surface area contributed by atoms with Gasteiger partial charge in [0.1, 0.15) is 11.5 Å². The third-order valence-electron chi connectivity index (χ3n) is 5.17. The van der Waals surface area contributed by atoms with Crippen LogP contribution in [0.15, 0.2) is 58.7 Å². The monoisotopic (exact) mass is 412 g/mol. The summed E-state index contributed by atoms with van der Waals surface area (Å²) in [5.74, 6) is 0.378. The molecule has 0 aromatic heterocycles. The molecule has 0 amide bonds. The first-order valence-electron chi connectivity index (χ1n) is 10.9. The number of allylic oxidation sites excluding steroid dienone is 6. The van der Waals surface area contributed by atoms with Gasteiger partial charge in [0.25, 0.3) is 0 Å². The molecule has 0 aliphatic heterocycles. The van der Waals surface area contributed by atoms with Crippen molar-refractivity contribution >= 4 is 0 Å². The smallest absolute Gasteiger partial charge is 0.122 e. The minimum atomic E-state index is -0.511. The fraction of sp³-hybridized carbons (Fsp3) is 0.481. The van der Waals surface area contributed by atoms with E-state index in [1.807, 2.05) is 19.1 Å². The van der Waals surface area contributed by atoms with Gasteiger partial charge >= 0.3 is 0 Å². The van der Waals surface area contributed by atoms with Gasteiger partial charge in [0.2, 0.25) is 0 Å². The first-order chi connectivity index (χ1) is 14.1. The highest BCUT2D eigenvalue weighted by atomic mass is 16.3. The van der Waals surface area contributed by atoms with E-state index in [4.69, 9.17) is 0 Å². The van der Waals surface area contributed by atoms with E-state index in [2.05, 4.69) is 39.8 Å². The highest BCUT2D eigenvalue weighted by Gasteiger charge is 2.07. The van der Waals surface area contributed by atoms with Gasteiger partial charge in [0.15, 0.2) is 0 Å². The van der Waals surface area contributed by atoms with Gasteiger partial charge in [-0.05, 0) is 97.8 Å². The minimum Gasteiger partial charge on any atom is -0.508 e. The second kappa shape index (κ2) is 13.1. The summed E-state index contributed by atoms with van der Waals surface area (Å²) in [5.41, 5.74) is 6.40. The molecule has 0 saturated carbocycles. The highest BCUT2D eigenvalue weighted by Crippen LogP contribution is 2.28. The second-order valence-corrected chi connectivity index (χ2v) is 8.72. The summed E-state index contributed by atoms with van der Waals surface area (Å²) >= 11 is 0. The molecule has 1 atom stereocenters. The van der Waals surface area contributed by atoms with Crippen LogP contribution in [-0.2, 0) is 6.42 Å². The summed E-state index contributed by atoms with van der Waals surface area (Å²) in [5, 5.41) is 30.2. The number of hydrogen-bond acceptors (Lipinski definition) is 3. The number of aryl methyl sites for hydroxylation is 1. The lowest BCUT2D eigenvalue weighted by Crippen LogP contribution is -2.04. The number of benzene rings is 1. The fourth-order valence-corrected chi connectivity index (χ4v) is 3.39. The molecule has 166 valence electrons. The second-order valence-electron chi connectivity index (χ2n) is 8.72. The Kier molecular flexibility index (Phi) is 11.3. The molecule has 0 heterocycles. The molecule has 0 unspecified atom stereocenters. The van der Waals surface area contributed by atoms with E-state index < -0.39 is 6.10 Å². The zero-order valence-electron chi connectivity index (χ0n) is 19.6. The summed E-state index contributed by atoms with van der Waals surface area (Å²) in [4.78, 5) is 0. The lowest BCUT2D eigenvalue weighted by atomic mass is 10.0. The third kappa shape index (κ3) is 10.5. The fourth-order valence-electron chi connectivity index (χ4n) is 3.39. The lowest BCUT2D eigenvalue weighted by Gasteiger charge is -2.10.